The fourth-order valence-corrected chi connectivity index (χ4v) is 2.26. The number of nitrogens with zero attached hydrogens (tertiary/aromatic N) is 2. The predicted octanol–water partition coefficient (Wildman–Crippen LogP) is 1.61. The first-order valence-electron chi connectivity index (χ1n) is 6.59. The molecule has 0 atom stereocenters. The van der Waals surface area contributed by atoms with E-state index in [0.29, 0.717) is 31.3 Å². The standard InChI is InChI=1S/C14H13ClN4O3/c15-14-18-7-9(12(16)20)13(19-14)17-6-8-2-1-3-10-11(8)22-5-4-21-10/h1-3,7H,4-6H2,(H2,16,20)(H,17,18,19). The second-order valence-corrected chi connectivity index (χ2v) is 4.90. The molecule has 1 aromatic heterocycles. The van der Waals surface area contributed by atoms with E-state index in [-0.39, 0.29) is 16.7 Å². The summed E-state index contributed by atoms with van der Waals surface area (Å²) >= 11 is 5.76. The molecule has 0 aliphatic carbocycles. The minimum Gasteiger partial charge on any atom is -0.486 e. The highest BCUT2D eigenvalue weighted by Crippen LogP contribution is 2.34. The van der Waals surface area contributed by atoms with Gasteiger partial charge in [-0.2, -0.15) is 4.98 Å². The first kappa shape index (κ1) is 14.4. The number of primary amides is 1. The molecule has 2 heterocycles. The minimum absolute atomic E-state index is 0.0298. The van der Waals surface area contributed by atoms with Gasteiger partial charge in [-0.15, -0.1) is 0 Å². The second kappa shape index (κ2) is 6.07. The van der Waals surface area contributed by atoms with Gasteiger partial charge in [-0.1, -0.05) is 12.1 Å². The number of carbonyl (C=O) groups excluding carboxylic acids is 1. The summed E-state index contributed by atoms with van der Waals surface area (Å²) in [5, 5.41) is 3.06. The number of fused-ring (bicyclic) bond motifs is 1. The highest BCUT2D eigenvalue weighted by molar-refractivity contribution is 6.28. The van der Waals surface area contributed by atoms with E-state index >= 15 is 0 Å². The lowest BCUT2D eigenvalue weighted by Gasteiger charge is -2.21. The lowest BCUT2D eigenvalue weighted by molar-refractivity contribution is 0.100. The molecule has 22 heavy (non-hydrogen) atoms. The maximum atomic E-state index is 11.4. The number of ether oxygens (including phenoxy) is 2. The van der Waals surface area contributed by atoms with Crippen LogP contribution in [0.15, 0.2) is 24.4 Å². The number of rotatable bonds is 4. The van der Waals surface area contributed by atoms with Crippen molar-refractivity contribution in [2.24, 2.45) is 5.73 Å². The van der Waals surface area contributed by atoms with E-state index in [4.69, 9.17) is 26.8 Å². The van der Waals surface area contributed by atoms with Gasteiger partial charge in [0.05, 0.1) is 5.56 Å². The van der Waals surface area contributed by atoms with Gasteiger partial charge < -0.3 is 20.5 Å². The average Bonchev–Trinajstić information content (AvgIpc) is 2.52. The van der Waals surface area contributed by atoms with Gasteiger partial charge in [0.25, 0.3) is 5.91 Å². The maximum Gasteiger partial charge on any atom is 0.254 e. The highest BCUT2D eigenvalue weighted by atomic mass is 35.5. The zero-order valence-corrected chi connectivity index (χ0v) is 12.3. The monoisotopic (exact) mass is 320 g/mol. The van der Waals surface area contributed by atoms with Crippen molar-refractivity contribution >= 4 is 23.3 Å². The van der Waals surface area contributed by atoms with E-state index in [9.17, 15) is 4.79 Å². The molecule has 1 aliphatic heterocycles. The van der Waals surface area contributed by atoms with Gasteiger partial charge in [-0.05, 0) is 17.7 Å². The largest absolute Gasteiger partial charge is 0.486 e. The summed E-state index contributed by atoms with van der Waals surface area (Å²) in [6.07, 6.45) is 1.29. The first-order chi connectivity index (χ1) is 10.6. The van der Waals surface area contributed by atoms with Gasteiger partial charge in [0, 0.05) is 18.3 Å². The summed E-state index contributed by atoms with van der Waals surface area (Å²) in [5.41, 5.74) is 6.35. The van der Waals surface area contributed by atoms with Gasteiger partial charge in [0.2, 0.25) is 5.28 Å². The molecule has 0 saturated heterocycles. The van der Waals surface area contributed by atoms with Crippen molar-refractivity contribution in [2.75, 3.05) is 18.5 Å². The minimum atomic E-state index is -0.631. The molecular formula is C14H13ClN4O3. The number of hydrogen-bond acceptors (Lipinski definition) is 6. The fraction of sp³-hybridized carbons (Fsp3) is 0.214. The van der Waals surface area contributed by atoms with Crippen LogP contribution in [-0.2, 0) is 6.54 Å². The quantitative estimate of drug-likeness (QED) is 0.830. The average molecular weight is 321 g/mol. The van der Waals surface area contributed by atoms with Crippen molar-refractivity contribution in [1.29, 1.82) is 0 Å². The number of nitrogens with two attached hydrogens (primary N) is 1. The number of halogens is 1. The lowest BCUT2D eigenvalue weighted by atomic mass is 10.1. The number of amides is 1. The molecule has 0 saturated carbocycles. The summed E-state index contributed by atoms with van der Waals surface area (Å²) in [4.78, 5) is 19.1. The number of hydrogen-bond donors (Lipinski definition) is 2. The van der Waals surface area contributed by atoms with Crippen LogP contribution in [0.2, 0.25) is 5.28 Å². The molecule has 0 fully saturated rings. The molecule has 1 aliphatic rings. The van der Waals surface area contributed by atoms with Crippen LogP contribution in [0.4, 0.5) is 5.82 Å². The summed E-state index contributed by atoms with van der Waals surface area (Å²) in [5.74, 6) is 1.03. The van der Waals surface area contributed by atoms with Crippen molar-refractivity contribution in [3.05, 3.63) is 40.8 Å². The number of anilines is 1. The zero-order valence-electron chi connectivity index (χ0n) is 11.5. The van der Waals surface area contributed by atoms with Gasteiger partial charge >= 0.3 is 0 Å². The SMILES string of the molecule is NC(=O)c1cnc(Cl)nc1NCc1cccc2c1OCCO2. The molecular weight excluding hydrogens is 308 g/mol. The third kappa shape index (κ3) is 2.89. The number of nitrogens with one attached hydrogen (secondary N) is 1. The molecule has 1 aromatic carbocycles. The summed E-state index contributed by atoms with van der Waals surface area (Å²) in [7, 11) is 0. The Labute approximate surface area is 131 Å². The molecule has 0 bridgehead atoms. The third-order valence-electron chi connectivity index (χ3n) is 3.12. The highest BCUT2D eigenvalue weighted by Gasteiger charge is 2.17. The van der Waals surface area contributed by atoms with E-state index in [1.807, 2.05) is 18.2 Å². The fourth-order valence-electron chi connectivity index (χ4n) is 2.13. The van der Waals surface area contributed by atoms with E-state index in [1.54, 1.807) is 0 Å². The summed E-state index contributed by atoms with van der Waals surface area (Å²) in [6, 6.07) is 5.61. The van der Waals surface area contributed by atoms with Gasteiger partial charge in [-0.3, -0.25) is 4.79 Å². The Balaban J connectivity index is 1.84. The van der Waals surface area contributed by atoms with Crippen molar-refractivity contribution in [3.63, 3.8) is 0 Å². The summed E-state index contributed by atoms with van der Waals surface area (Å²) in [6.45, 7) is 1.40. The topological polar surface area (TPSA) is 99.4 Å². The van der Waals surface area contributed by atoms with Gasteiger partial charge in [-0.25, -0.2) is 4.98 Å². The Kier molecular flexibility index (Phi) is 3.97. The molecule has 2 aromatic rings. The van der Waals surface area contributed by atoms with Crippen LogP contribution < -0.4 is 20.5 Å². The zero-order chi connectivity index (χ0) is 15.5. The second-order valence-electron chi connectivity index (χ2n) is 4.56. The molecule has 8 heteroatoms. The molecule has 3 rings (SSSR count). The number of benzene rings is 1. The molecule has 114 valence electrons. The molecule has 0 unspecified atom stereocenters. The lowest BCUT2D eigenvalue weighted by Crippen LogP contribution is -2.18. The predicted molar refractivity (Wildman–Crippen MR) is 80.3 cm³/mol. The Morgan fingerprint density at radius 2 is 2.18 bits per heavy atom. The van der Waals surface area contributed by atoms with Crippen LogP contribution in [0.1, 0.15) is 15.9 Å². The van der Waals surface area contributed by atoms with Crippen molar-refractivity contribution in [2.45, 2.75) is 6.54 Å². The Morgan fingerprint density at radius 3 is 3.00 bits per heavy atom. The number of carbonyl (C=O) groups is 1. The molecule has 3 N–H and O–H groups in total. The maximum absolute atomic E-state index is 11.4. The van der Waals surface area contributed by atoms with E-state index in [0.717, 1.165) is 5.56 Å². The third-order valence-corrected chi connectivity index (χ3v) is 3.30. The van der Waals surface area contributed by atoms with Crippen molar-refractivity contribution in [1.82, 2.24) is 9.97 Å². The van der Waals surface area contributed by atoms with Crippen molar-refractivity contribution < 1.29 is 14.3 Å². The van der Waals surface area contributed by atoms with Crippen LogP contribution in [0.3, 0.4) is 0 Å². The summed E-state index contributed by atoms with van der Waals surface area (Å²) < 4.78 is 11.2. The van der Waals surface area contributed by atoms with Crippen LogP contribution >= 0.6 is 11.6 Å². The van der Waals surface area contributed by atoms with E-state index in [1.165, 1.54) is 6.20 Å². The Morgan fingerprint density at radius 1 is 1.36 bits per heavy atom. The molecule has 0 radical (unpaired) electrons. The van der Waals surface area contributed by atoms with E-state index in [2.05, 4.69) is 15.3 Å². The van der Waals surface area contributed by atoms with Crippen molar-refractivity contribution in [3.8, 4) is 11.5 Å². The molecule has 1 amide bonds. The first-order valence-corrected chi connectivity index (χ1v) is 6.96. The number of aromatic nitrogens is 2. The van der Waals surface area contributed by atoms with Crippen LogP contribution in [-0.4, -0.2) is 29.1 Å². The van der Waals surface area contributed by atoms with E-state index < -0.39 is 5.91 Å². The van der Waals surface area contributed by atoms with Crippen LogP contribution in [0.25, 0.3) is 0 Å². The molecule has 7 nitrogen and oxygen atoms in total. The van der Waals surface area contributed by atoms with Gasteiger partial charge in [0.15, 0.2) is 11.5 Å². The Hall–Kier alpha value is -2.54. The smallest absolute Gasteiger partial charge is 0.254 e. The van der Waals surface area contributed by atoms with Crippen LogP contribution in [0, 0.1) is 0 Å². The normalized spacial score (nSPS) is 12.8. The molecule has 0 spiro atoms. The Bertz CT molecular complexity index is 723. The van der Waals surface area contributed by atoms with Crippen LogP contribution in [0.5, 0.6) is 11.5 Å². The van der Waals surface area contributed by atoms with Gasteiger partial charge in [0.1, 0.15) is 19.0 Å². The number of para-hydroxylation sites is 1.